The molecule has 0 saturated carbocycles. The van der Waals surface area contributed by atoms with E-state index in [0.29, 0.717) is 12.2 Å². The number of aliphatic hydroxyl groups is 1. The van der Waals surface area contributed by atoms with Crippen molar-refractivity contribution in [1.82, 2.24) is 0 Å². The van der Waals surface area contributed by atoms with Crippen LogP contribution < -0.4 is 0 Å². The third-order valence-electron chi connectivity index (χ3n) is 1.75. The highest BCUT2D eigenvalue weighted by molar-refractivity contribution is 5.67. The molecule has 0 radical (unpaired) electrons. The van der Waals surface area contributed by atoms with E-state index < -0.39 is 12.1 Å². The van der Waals surface area contributed by atoms with Crippen molar-refractivity contribution < 1.29 is 24.2 Å². The van der Waals surface area contributed by atoms with Crippen LogP contribution in [0.15, 0.2) is 16.7 Å². The zero-order valence-electron chi connectivity index (χ0n) is 7.77. The molecule has 0 spiro atoms. The maximum Gasteiger partial charge on any atom is 0.306 e. The number of aliphatic carboxylic acids is 1. The van der Waals surface area contributed by atoms with Gasteiger partial charge in [0, 0.05) is 12.7 Å². The van der Waals surface area contributed by atoms with Crippen LogP contribution in [0.1, 0.15) is 23.8 Å². The monoisotopic (exact) mass is 200 g/mol. The van der Waals surface area contributed by atoms with Gasteiger partial charge in [-0.2, -0.15) is 0 Å². The first kappa shape index (κ1) is 10.7. The number of hydrogen-bond donors (Lipinski definition) is 2. The summed E-state index contributed by atoms with van der Waals surface area (Å²) in [6.45, 7) is 0.294. The van der Waals surface area contributed by atoms with Gasteiger partial charge in [0.25, 0.3) is 0 Å². The van der Waals surface area contributed by atoms with E-state index >= 15 is 0 Å². The SMILES string of the molecule is COCc1ccoc1C(O)CC(=O)O. The summed E-state index contributed by atoms with van der Waals surface area (Å²) in [7, 11) is 1.51. The van der Waals surface area contributed by atoms with E-state index in [-0.39, 0.29) is 12.2 Å². The molecule has 78 valence electrons. The summed E-state index contributed by atoms with van der Waals surface area (Å²) in [5.41, 5.74) is 0.668. The first-order valence-corrected chi connectivity index (χ1v) is 4.10. The van der Waals surface area contributed by atoms with Crippen LogP contribution in [0, 0.1) is 0 Å². The lowest BCUT2D eigenvalue weighted by molar-refractivity contribution is -0.139. The highest BCUT2D eigenvalue weighted by Gasteiger charge is 2.18. The molecule has 1 unspecified atom stereocenters. The molecule has 2 N–H and O–H groups in total. The molecule has 1 rings (SSSR count). The van der Waals surface area contributed by atoms with Gasteiger partial charge in [0.2, 0.25) is 0 Å². The van der Waals surface area contributed by atoms with Gasteiger partial charge >= 0.3 is 5.97 Å². The Hall–Kier alpha value is -1.33. The van der Waals surface area contributed by atoms with Gasteiger partial charge in [-0.15, -0.1) is 0 Å². The lowest BCUT2D eigenvalue weighted by Crippen LogP contribution is -2.06. The largest absolute Gasteiger partial charge is 0.481 e. The third-order valence-corrected chi connectivity index (χ3v) is 1.75. The molecule has 0 bridgehead atoms. The number of carbonyl (C=O) groups is 1. The smallest absolute Gasteiger partial charge is 0.306 e. The minimum atomic E-state index is -1.12. The zero-order valence-corrected chi connectivity index (χ0v) is 7.77. The average Bonchev–Trinajstić information content (AvgIpc) is 2.51. The molecular formula is C9H12O5. The summed E-state index contributed by atoms with van der Waals surface area (Å²) in [6.07, 6.45) is -0.0911. The van der Waals surface area contributed by atoms with E-state index in [1.807, 2.05) is 0 Å². The highest BCUT2D eigenvalue weighted by Crippen LogP contribution is 2.22. The van der Waals surface area contributed by atoms with Gasteiger partial charge in [0.1, 0.15) is 11.9 Å². The molecule has 1 heterocycles. The van der Waals surface area contributed by atoms with E-state index in [2.05, 4.69) is 0 Å². The number of rotatable bonds is 5. The summed E-state index contributed by atoms with van der Waals surface area (Å²) < 4.78 is 9.85. The first-order chi connectivity index (χ1) is 6.65. The maximum atomic E-state index is 10.3. The summed E-state index contributed by atoms with van der Waals surface area (Å²) >= 11 is 0. The fraction of sp³-hybridized carbons (Fsp3) is 0.444. The lowest BCUT2D eigenvalue weighted by Gasteiger charge is -2.06. The van der Waals surface area contributed by atoms with Crippen LogP contribution in [0.3, 0.4) is 0 Å². The van der Waals surface area contributed by atoms with Crippen LogP contribution in [0.2, 0.25) is 0 Å². The Kier molecular flexibility index (Phi) is 3.67. The third kappa shape index (κ3) is 2.58. The van der Waals surface area contributed by atoms with Crippen LogP contribution in [0.4, 0.5) is 0 Å². The summed E-state index contributed by atoms with van der Waals surface area (Å²) in [6, 6.07) is 1.64. The van der Waals surface area contributed by atoms with Gasteiger partial charge in [0.05, 0.1) is 19.3 Å². The lowest BCUT2D eigenvalue weighted by atomic mass is 10.1. The topological polar surface area (TPSA) is 79.9 Å². The molecule has 1 aromatic heterocycles. The molecule has 0 aliphatic carbocycles. The van der Waals surface area contributed by atoms with Gasteiger partial charge in [-0.05, 0) is 6.07 Å². The van der Waals surface area contributed by atoms with Crippen molar-refractivity contribution in [1.29, 1.82) is 0 Å². The van der Waals surface area contributed by atoms with Crippen molar-refractivity contribution in [3.05, 3.63) is 23.7 Å². The molecule has 0 saturated heterocycles. The quantitative estimate of drug-likeness (QED) is 0.739. The normalized spacial score (nSPS) is 12.7. The maximum absolute atomic E-state index is 10.3. The Morgan fingerprint density at radius 1 is 1.71 bits per heavy atom. The van der Waals surface area contributed by atoms with Crippen molar-refractivity contribution >= 4 is 5.97 Å². The number of hydrogen-bond acceptors (Lipinski definition) is 4. The van der Waals surface area contributed by atoms with E-state index in [9.17, 15) is 9.90 Å². The summed E-state index contributed by atoms with van der Waals surface area (Å²) in [4.78, 5) is 10.3. The Labute approximate surface area is 80.9 Å². The van der Waals surface area contributed by atoms with Gasteiger partial charge in [-0.3, -0.25) is 4.79 Å². The summed E-state index contributed by atoms with van der Waals surface area (Å²) in [5, 5.41) is 17.9. The molecule has 1 aromatic rings. The fourth-order valence-electron chi connectivity index (χ4n) is 1.17. The zero-order chi connectivity index (χ0) is 10.6. The first-order valence-electron chi connectivity index (χ1n) is 4.10. The molecule has 5 heteroatoms. The molecule has 14 heavy (non-hydrogen) atoms. The van der Waals surface area contributed by atoms with Crippen LogP contribution in [-0.2, 0) is 16.1 Å². The number of aliphatic hydroxyl groups excluding tert-OH is 1. The van der Waals surface area contributed by atoms with E-state index in [4.69, 9.17) is 14.3 Å². The molecule has 0 aliphatic heterocycles. The van der Waals surface area contributed by atoms with Crippen molar-refractivity contribution in [3.63, 3.8) is 0 Å². The second-order valence-electron chi connectivity index (χ2n) is 2.86. The standard InChI is InChI=1S/C9H12O5/c1-13-5-6-2-3-14-9(6)7(10)4-8(11)12/h2-3,7,10H,4-5H2,1H3,(H,11,12). The number of ether oxygens (including phenoxy) is 1. The molecule has 0 fully saturated rings. The highest BCUT2D eigenvalue weighted by atomic mass is 16.5. The minimum Gasteiger partial charge on any atom is -0.481 e. The molecule has 5 nitrogen and oxygen atoms in total. The van der Waals surface area contributed by atoms with E-state index in [1.54, 1.807) is 6.07 Å². The van der Waals surface area contributed by atoms with Crippen molar-refractivity contribution in [2.45, 2.75) is 19.1 Å². The van der Waals surface area contributed by atoms with Crippen molar-refractivity contribution in [2.75, 3.05) is 7.11 Å². The predicted molar refractivity (Wildman–Crippen MR) is 46.6 cm³/mol. The number of methoxy groups -OCH3 is 1. The number of carboxylic acids is 1. The van der Waals surface area contributed by atoms with Crippen molar-refractivity contribution in [3.8, 4) is 0 Å². The Morgan fingerprint density at radius 3 is 3.00 bits per heavy atom. The average molecular weight is 200 g/mol. The van der Waals surface area contributed by atoms with E-state index in [1.165, 1.54) is 13.4 Å². The van der Waals surface area contributed by atoms with Crippen LogP contribution in [-0.4, -0.2) is 23.3 Å². The van der Waals surface area contributed by atoms with Crippen molar-refractivity contribution in [2.24, 2.45) is 0 Å². The van der Waals surface area contributed by atoms with Gasteiger partial charge in [0.15, 0.2) is 0 Å². The second-order valence-corrected chi connectivity index (χ2v) is 2.86. The fourth-order valence-corrected chi connectivity index (χ4v) is 1.17. The Morgan fingerprint density at radius 2 is 2.43 bits per heavy atom. The summed E-state index contributed by atoms with van der Waals surface area (Å²) in [5.74, 6) is -0.813. The predicted octanol–water partition coefficient (Wildman–Crippen LogP) is 0.934. The molecule has 1 atom stereocenters. The Bertz CT molecular complexity index is 304. The molecule has 0 aliphatic rings. The minimum absolute atomic E-state index is 0.259. The Balaban J connectivity index is 2.72. The molecular weight excluding hydrogens is 188 g/mol. The number of furan rings is 1. The second kappa shape index (κ2) is 4.78. The van der Waals surface area contributed by atoms with E-state index in [0.717, 1.165) is 0 Å². The molecule has 0 amide bonds. The molecule has 0 aromatic carbocycles. The van der Waals surface area contributed by atoms with Gasteiger partial charge < -0.3 is 19.4 Å². The van der Waals surface area contributed by atoms with Crippen LogP contribution in [0.25, 0.3) is 0 Å². The van der Waals surface area contributed by atoms with Gasteiger partial charge in [-0.25, -0.2) is 0 Å². The van der Waals surface area contributed by atoms with Crippen LogP contribution >= 0.6 is 0 Å². The van der Waals surface area contributed by atoms with Gasteiger partial charge in [-0.1, -0.05) is 0 Å². The number of carboxylic acid groups (broad SMARTS) is 1. The van der Waals surface area contributed by atoms with Crippen LogP contribution in [0.5, 0.6) is 0 Å².